The van der Waals surface area contributed by atoms with Crippen molar-refractivity contribution in [3.63, 3.8) is 0 Å². The summed E-state index contributed by atoms with van der Waals surface area (Å²) in [7, 11) is 1.53. The first-order valence-corrected chi connectivity index (χ1v) is 14.6. The molecule has 0 atom stereocenters. The molecule has 46 heavy (non-hydrogen) atoms. The third-order valence-corrected chi connectivity index (χ3v) is 7.97. The van der Waals surface area contributed by atoms with Crippen LogP contribution in [0, 0.1) is 11.6 Å². The van der Waals surface area contributed by atoms with Gasteiger partial charge in [-0.05, 0) is 55.5 Å². The molecule has 1 amide bonds. The molecule has 1 aliphatic rings. The van der Waals surface area contributed by atoms with Gasteiger partial charge in [-0.25, -0.2) is 18.6 Å². The Morgan fingerprint density at radius 1 is 1.02 bits per heavy atom. The van der Waals surface area contributed by atoms with E-state index in [-0.39, 0.29) is 18.2 Å². The average molecular weight is 710 g/mol. The number of alkyl halides is 3. The highest BCUT2D eigenvalue weighted by molar-refractivity contribution is 9.10. The molecule has 0 saturated heterocycles. The number of nitrogens with zero attached hydrogens (tertiary/aromatic N) is 5. The number of hydrogen-bond acceptors (Lipinski definition) is 7. The van der Waals surface area contributed by atoms with E-state index in [0.29, 0.717) is 42.3 Å². The number of carbonyl (C=O) groups is 2. The first-order valence-electron chi connectivity index (χ1n) is 13.8. The number of halogens is 6. The highest BCUT2D eigenvalue weighted by Crippen LogP contribution is 2.40. The van der Waals surface area contributed by atoms with Gasteiger partial charge in [0.2, 0.25) is 5.88 Å². The van der Waals surface area contributed by atoms with Crippen LogP contribution in [0.3, 0.4) is 0 Å². The monoisotopic (exact) mass is 709 g/mol. The van der Waals surface area contributed by atoms with Gasteiger partial charge < -0.3 is 19.5 Å². The Hall–Kier alpha value is -4.44. The number of methoxy groups -OCH3 is 1. The molecule has 0 unspecified atom stereocenters. The van der Waals surface area contributed by atoms with Crippen molar-refractivity contribution in [2.75, 3.05) is 12.0 Å². The number of anilines is 1. The summed E-state index contributed by atoms with van der Waals surface area (Å²) in [6.07, 6.45) is 0.245. The van der Waals surface area contributed by atoms with Crippen molar-refractivity contribution in [3.8, 4) is 11.6 Å². The second-order valence-corrected chi connectivity index (χ2v) is 11.3. The van der Waals surface area contributed by atoms with Crippen LogP contribution in [0.4, 0.5) is 27.6 Å². The minimum atomic E-state index is -4.99. The Bertz CT molecular complexity index is 1750. The molecule has 2 aromatic carbocycles. The number of benzene rings is 2. The third kappa shape index (κ3) is 7.17. The molecule has 5 rings (SSSR count). The second kappa shape index (κ2) is 13.5. The Labute approximate surface area is 266 Å². The van der Waals surface area contributed by atoms with Gasteiger partial charge in [0.1, 0.15) is 11.4 Å². The fourth-order valence-electron chi connectivity index (χ4n) is 5.25. The molecule has 0 spiro atoms. The van der Waals surface area contributed by atoms with Gasteiger partial charge in [0.25, 0.3) is 5.91 Å². The van der Waals surface area contributed by atoms with E-state index in [2.05, 4.69) is 31.1 Å². The first-order chi connectivity index (χ1) is 21.8. The zero-order valence-electron chi connectivity index (χ0n) is 24.0. The molecule has 4 aromatic rings. The van der Waals surface area contributed by atoms with Gasteiger partial charge >= 0.3 is 12.1 Å². The molecule has 16 heteroatoms. The van der Waals surface area contributed by atoms with Gasteiger partial charge in [0.05, 0.1) is 41.9 Å². The average Bonchev–Trinajstić information content (AvgIpc) is 3.52. The fourth-order valence-corrected chi connectivity index (χ4v) is 5.59. The van der Waals surface area contributed by atoms with Crippen molar-refractivity contribution in [2.45, 2.75) is 50.6 Å². The standard InChI is InChI=1S/C30H25BrF5N5O5/c1-45-19-5-3-18(4-6-19)41(28(42)20-7-2-17(31)11-23(20)32)25-13-24(33)26(12-21(25)29(43)44)46-27-22(30(34,35)36)10-16(14-37-27)15-40-38-8-9-39-40/h2,7-14,18-19H,3-6,15H2,1H3,(H,43,44). The minimum absolute atomic E-state index is 0.0652. The Balaban J connectivity index is 1.56. The predicted octanol–water partition coefficient (Wildman–Crippen LogP) is 6.88. The lowest BCUT2D eigenvalue weighted by atomic mass is 9.90. The lowest BCUT2D eigenvalue weighted by Gasteiger charge is -2.37. The van der Waals surface area contributed by atoms with Crippen LogP contribution in [0.25, 0.3) is 0 Å². The molecule has 1 saturated carbocycles. The number of carbonyl (C=O) groups excluding carboxylic acids is 1. The summed E-state index contributed by atoms with van der Waals surface area (Å²) in [4.78, 5) is 32.2. The summed E-state index contributed by atoms with van der Waals surface area (Å²) in [6, 6.07) is 5.11. The van der Waals surface area contributed by atoms with E-state index in [1.54, 1.807) is 0 Å². The van der Waals surface area contributed by atoms with Crippen molar-refractivity contribution >= 4 is 33.5 Å². The number of amides is 1. The second-order valence-electron chi connectivity index (χ2n) is 10.4. The molecule has 2 aromatic heterocycles. The summed E-state index contributed by atoms with van der Waals surface area (Å²) >= 11 is 3.13. The number of carboxylic acid groups (broad SMARTS) is 1. The largest absolute Gasteiger partial charge is 0.478 e. The zero-order chi connectivity index (χ0) is 33.2. The summed E-state index contributed by atoms with van der Waals surface area (Å²) in [5.74, 6) is -6.65. The first kappa shape index (κ1) is 32.9. The van der Waals surface area contributed by atoms with Crippen LogP contribution in [0.1, 0.15) is 57.5 Å². The van der Waals surface area contributed by atoms with E-state index < -0.39 is 69.7 Å². The van der Waals surface area contributed by atoms with E-state index in [0.717, 1.165) is 28.0 Å². The van der Waals surface area contributed by atoms with Gasteiger partial charge in [-0.15, -0.1) is 0 Å². The molecule has 0 aliphatic heterocycles. The number of carboxylic acids is 1. The van der Waals surface area contributed by atoms with Crippen LogP contribution in [-0.4, -0.2) is 56.2 Å². The van der Waals surface area contributed by atoms with E-state index in [1.807, 2.05) is 0 Å². The van der Waals surface area contributed by atoms with E-state index in [1.165, 1.54) is 31.6 Å². The maximum atomic E-state index is 15.7. The molecule has 2 heterocycles. The van der Waals surface area contributed by atoms with Crippen LogP contribution in [0.2, 0.25) is 0 Å². The molecule has 1 aliphatic carbocycles. The SMILES string of the molecule is COC1CCC(N(C(=O)c2ccc(Br)cc2F)c2cc(F)c(Oc3ncc(Cn4nccn4)cc3C(F)(F)F)cc2C(=O)O)CC1. The number of rotatable bonds is 9. The predicted molar refractivity (Wildman–Crippen MR) is 156 cm³/mol. The van der Waals surface area contributed by atoms with Gasteiger partial charge in [-0.1, -0.05) is 15.9 Å². The van der Waals surface area contributed by atoms with Gasteiger partial charge in [0, 0.05) is 36.0 Å². The van der Waals surface area contributed by atoms with Gasteiger partial charge in [-0.2, -0.15) is 28.2 Å². The normalized spacial score (nSPS) is 16.7. The maximum Gasteiger partial charge on any atom is 0.421 e. The summed E-state index contributed by atoms with van der Waals surface area (Å²) in [5, 5.41) is 17.8. The van der Waals surface area contributed by atoms with Crippen molar-refractivity contribution in [2.24, 2.45) is 0 Å². The molecule has 0 bridgehead atoms. The van der Waals surface area contributed by atoms with Crippen molar-refractivity contribution in [1.82, 2.24) is 20.0 Å². The number of pyridine rings is 1. The van der Waals surface area contributed by atoms with Crippen LogP contribution in [0.15, 0.2) is 59.5 Å². The fraction of sp³-hybridized carbons (Fsp3) is 0.300. The van der Waals surface area contributed by atoms with Crippen LogP contribution < -0.4 is 9.64 Å². The molecule has 1 N–H and O–H groups in total. The van der Waals surface area contributed by atoms with Crippen LogP contribution >= 0.6 is 15.9 Å². The van der Waals surface area contributed by atoms with Crippen molar-refractivity contribution < 1.29 is 46.1 Å². The highest BCUT2D eigenvalue weighted by atomic mass is 79.9. The minimum Gasteiger partial charge on any atom is -0.478 e. The lowest BCUT2D eigenvalue weighted by molar-refractivity contribution is -0.139. The molecule has 10 nitrogen and oxygen atoms in total. The smallest absolute Gasteiger partial charge is 0.421 e. The van der Waals surface area contributed by atoms with Crippen molar-refractivity contribution in [1.29, 1.82) is 0 Å². The van der Waals surface area contributed by atoms with Gasteiger partial charge in [0.15, 0.2) is 11.6 Å². The quantitative estimate of drug-likeness (QED) is 0.187. The highest BCUT2D eigenvalue weighted by Gasteiger charge is 2.38. The van der Waals surface area contributed by atoms with Crippen LogP contribution in [0.5, 0.6) is 11.6 Å². The Morgan fingerprint density at radius 2 is 1.72 bits per heavy atom. The molecule has 1 fully saturated rings. The van der Waals surface area contributed by atoms with Gasteiger partial charge in [-0.3, -0.25) is 4.79 Å². The number of aromatic nitrogens is 4. The zero-order valence-corrected chi connectivity index (χ0v) is 25.6. The Morgan fingerprint density at radius 3 is 2.33 bits per heavy atom. The third-order valence-electron chi connectivity index (χ3n) is 7.47. The summed E-state index contributed by atoms with van der Waals surface area (Å²) in [6.45, 7) is -0.148. The van der Waals surface area contributed by atoms with E-state index in [4.69, 9.17) is 9.47 Å². The van der Waals surface area contributed by atoms with E-state index >= 15 is 4.39 Å². The molecule has 0 radical (unpaired) electrons. The summed E-state index contributed by atoms with van der Waals surface area (Å²) < 4.78 is 83.7. The molecule has 242 valence electrons. The maximum absolute atomic E-state index is 15.7. The van der Waals surface area contributed by atoms with Crippen LogP contribution in [-0.2, 0) is 17.5 Å². The molecular weight excluding hydrogens is 685 g/mol. The molecular formula is C30H25BrF5N5O5. The van der Waals surface area contributed by atoms with Crippen molar-refractivity contribution in [3.05, 3.63) is 93.3 Å². The number of aromatic carboxylic acids is 1. The summed E-state index contributed by atoms with van der Waals surface area (Å²) in [5.41, 5.74) is -2.76. The topological polar surface area (TPSA) is 120 Å². The Kier molecular flexibility index (Phi) is 9.67. The number of hydrogen-bond donors (Lipinski definition) is 1. The lowest BCUT2D eigenvalue weighted by Crippen LogP contribution is -2.44. The van der Waals surface area contributed by atoms with E-state index in [9.17, 15) is 32.3 Å². The number of ether oxygens (including phenoxy) is 2.